The van der Waals surface area contributed by atoms with Crippen molar-refractivity contribution in [2.45, 2.75) is 50.8 Å². The van der Waals surface area contributed by atoms with Crippen molar-refractivity contribution in [2.75, 3.05) is 12.3 Å². The lowest BCUT2D eigenvalue weighted by atomic mass is 10.2. The van der Waals surface area contributed by atoms with Gasteiger partial charge in [0.2, 0.25) is 0 Å². The molecule has 112 valence electrons. The van der Waals surface area contributed by atoms with Crippen molar-refractivity contribution < 1.29 is 9.53 Å². The molecule has 1 N–H and O–H groups in total. The highest BCUT2D eigenvalue weighted by Crippen LogP contribution is 2.13. The summed E-state index contributed by atoms with van der Waals surface area (Å²) in [5.74, 6) is 0.996. The number of unbranched alkanes of at least 4 members (excludes halogenated alkanes) is 2. The van der Waals surface area contributed by atoms with Gasteiger partial charge < -0.3 is 10.1 Å². The summed E-state index contributed by atoms with van der Waals surface area (Å²) in [7, 11) is 0. The van der Waals surface area contributed by atoms with Crippen LogP contribution in [0.3, 0.4) is 0 Å². The number of nitrogens with one attached hydrogen (secondary N) is 1. The van der Waals surface area contributed by atoms with Gasteiger partial charge in [-0.25, -0.2) is 14.8 Å². The van der Waals surface area contributed by atoms with Crippen molar-refractivity contribution in [1.82, 2.24) is 15.3 Å². The smallest absolute Gasteiger partial charge is 0.407 e. The zero-order chi connectivity index (χ0) is 14.8. The molecule has 20 heavy (non-hydrogen) atoms. The number of thioether (sulfide) groups is 1. The summed E-state index contributed by atoms with van der Waals surface area (Å²) in [5, 5.41) is 3.57. The van der Waals surface area contributed by atoms with Gasteiger partial charge in [-0.05, 0) is 39.7 Å². The van der Waals surface area contributed by atoms with Crippen LogP contribution in [0.4, 0.5) is 4.79 Å². The molecule has 0 saturated carbocycles. The van der Waals surface area contributed by atoms with Crippen molar-refractivity contribution in [2.24, 2.45) is 0 Å². The van der Waals surface area contributed by atoms with Crippen LogP contribution < -0.4 is 5.32 Å². The van der Waals surface area contributed by atoms with E-state index in [9.17, 15) is 4.79 Å². The average molecular weight is 297 g/mol. The van der Waals surface area contributed by atoms with Gasteiger partial charge in [0.25, 0.3) is 0 Å². The van der Waals surface area contributed by atoms with Gasteiger partial charge in [-0.2, -0.15) is 0 Å². The fourth-order valence-electron chi connectivity index (χ4n) is 1.43. The van der Waals surface area contributed by atoms with E-state index in [4.69, 9.17) is 4.74 Å². The lowest BCUT2D eigenvalue weighted by molar-refractivity contribution is 0.0527. The molecule has 0 unspecified atom stereocenters. The van der Waals surface area contributed by atoms with Crippen LogP contribution in [-0.4, -0.2) is 34.0 Å². The molecular formula is C14H23N3O2S. The van der Waals surface area contributed by atoms with Crippen LogP contribution in [0.25, 0.3) is 0 Å². The van der Waals surface area contributed by atoms with Gasteiger partial charge >= 0.3 is 6.09 Å². The Bertz CT molecular complexity index is 393. The van der Waals surface area contributed by atoms with Crippen LogP contribution >= 0.6 is 11.8 Å². The predicted molar refractivity (Wildman–Crippen MR) is 80.8 cm³/mol. The van der Waals surface area contributed by atoms with Crippen LogP contribution in [0.1, 0.15) is 40.0 Å². The average Bonchev–Trinajstić information content (AvgIpc) is 2.37. The largest absolute Gasteiger partial charge is 0.444 e. The molecule has 0 fully saturated rings. The number of nitrogens with zero attached hydrogens (tertiary/aromatic N) is 2. The molecule has 0 bridgehead atoms. The van der Waals surface area contributed by atoms with Crippen molar-refractivity contribution in [3.05, 3.63) is 18.5 Å². The number of rotatable bonds is 7. The summed E-state index contributed by atoms with van der Waals surface area (Å²) in [5.41, 5.74) is -0.434. The molecular weight excluding hydrogens is 274 g/mol. The summed E-state index contributed by atoms with van der Waals surface area (Å²) in [4.78, 5) is 19.7. The van der Waals surface area contributed by atoms with E-state index in [2.05, 4.69) is 15.3 Å². The Morgan fingerprint density at radius 2 is 1.95 bits per heavy atom. The fraction of sp³-hybridized carbons (Fsp3) is 0.643. The van der Waals surface area contributed by atoms with Gasteiger partial charge in [0, 0.05) is 24.7 Å². The summed E-state index contributed by atoms with van der Waals surface area (Å²) < 4.78 is 5.15. The Morgan fingerprint density at radius 3 is 2.60 bits per heavy atom. The minimum atomic E-state index is -0.434. The fourth-order valence-corrected chi connectivity index (χ4v) is 2.23. The number of hydrogen-bond acceptors (Lipinski definition) is 5. The van der Waals surface area contributed by atoms with Crippen LogP contribution in [-0.2, 0) is 4.74 Å². The molecule has 1 rings (SSSR count). The number of ether oxygens (including phenoxy) is 1. The molecule has 1 aromatic heterocycles. The van der Waals surface area contributed by atoms with E-state index in [0.29, 0.717) is 6.54 Å². The van der Waals surface area contributed by atoms with Gasteiger partial charge in [-0.3, -0.25) is 0 Å². The lowest BCUT2D eigenvalue weighted by Gasteiger charge is -2.19. The third-order valence-electron chi connectivity index (χ3n) is 2.26. The first kappa shape index (κ1) is 16.8. The first-order valence-corrected chi connectivity index (χ1v) is 7.82. The SMILES string of the molecule is CC(C)(C)OC(=O)NCCCCCSc1ncccn1. The number of carbonyl (C=O) groups is 1. The Morgan fingerprint density at radius 1 is 1.25 bits per heavy atom. The van der Waals surface area contributed by atoms with Crippen molar-refractivity contribution in [3.63, 3.8) is 0 Å². The summed E-state index contributed by atoms with van der Waals surface area (Å²) >= 11 is 1.66. The molecule has 0 aliphatic heterocycles. The van der Waals surface area contributed by atoms with Crippen LogP contribution in [0.2, 0.25) is 0 Å². The molecule has 0 spiro atoms. The van der Waals surface area contributed by atoms with Crippen LogP contribution in [0, 0.1) is 0 Å². The first-order valence-electron chi connectivity index (χ1n) is 6.84. The lowest BCUT2D eigenvalue weighted by Crippen LogP contribution is -2.32. The van der Waals surface area contributed by atoms with Crippen LogP contribution in [0.5, 0.6) is 0 Å². The topological polar surface area (TPSA) is 64.1 Å². The molecule has 0 aliphatic carbocycles. The highest BCUT2D eigenvalue weighted by Gasteiger charge is 2.15. The second-order valence-corrected chi connectivity index (χ2v) is 6.43. The molecule has 1 aromatic rings. The molecule has 0 saturated heterocycles. The Labute approximate surface area is 124 Å². The molecule has 0 aromatic carbocycles. The molecule has 0 aliphatic rings. The minimum absolute atomic E-state index is 0.343. The summed E-state index contributed by atoms with van der Waals surface area (Å²) in [6, 6.07) is 1.81. The maximum atomic E-state index is 11.4. The minimum Gasteiger partial charge on any atom is -0.444 e. The monoisotopic (exact) mass is 297 g/mol. The third-order valence-corrected chi connectivity index (χ3v) is 3.22. The van der Waals surface area contributed by atoms with E-state index in [-0.39, 0.29) is 6.09 Å². The Balaban J connectivity index is 1.96. The molecule has 1 heterocycles. The van der Waals surface area contributed by atoms with E-state index in [1.54, 1.807) is 24.2 Å². The number of alkyl carbamates (subject to hydrolysis) is 1. The van der Waals surface area contributed by atoms with Gasteiger partial charge in [-0.15, -0.1) is 0 Å². The molecule has 5 nitrogen and oxygen atoms in total. The second-order valence-electron chi connectivity index (χ2n) is 5.37. The van der Waals surface area contributed by atoms with Crippen molar-refractivity contribution in [3.8, 4) is 0 Å². The van der Waals surface area contributed by atoms with E-state index >= 15 is 0 Å². The molecule has 1 amide bonds. The highest BCUT2D eigenvalue weighted by molar-refractivity contribution is 7.99. The molecule has 6 heteroatoms. The molecule has 0 atom stereocenters. The zero-order valence-corrected chi connectivity index (χ0v) is 13.2. The maximum absolute atomic E-state index is 11.4. The highest BCUT2D eigenvalue weighted by atomic mass is 32.2. The van der Waals surface area contributed by atoms with Crippen molar-refractivity contribution in [1.29, 1.82) is 0 Å². The molecule has 0 radical (unpaired) electrons. The van der Waals surface area contributed by atoms with Crippen molar-refractivity contribution >= 4 is 17.9 Å². The second kappa shape index (κ2) is 8.79. The third kappa shape index (κ3) is 8.74. The van der Waals surface area contributed by atoms with E-state index < -0.39 is 5.60 Å². The standard InChI is InChI=1S/C14H23N3O2S/c1-14(2,3)19-13(18)17-8-5-4-6-11-20-12-15-9-7-10-16-12/h7,9-10H,4-6,8,11H2,1-3H3,(H,17,18). The Hall–Kier alpha value is -1.30. The Kier molecular flexibility index (Phi) is 7.36. The quantitative estimate of drug-likeness (QED) is 0.475. The van der Waals surface area contributed by atoms with E-state index in [1.807, 2.05) is 26.8 Å². The number of amides is 1. The van der Waals surface area contributed by atoms with E-state index in [1.165, 1.54) is 0 Å². The van der Waals surface area contributed by atoms with E-state index in [0.717, 1.165) is 30.2 Å². The van der Waals surface area contributed by atoms with Gasteiger partial charge in [0.15, 0.2) is 5.16 Å². The summed E-state index contributed by atoms with van der Waals surface area (Å²) in [6.07, 6.45) is 6.26. The van der Waals surface area contributed by atoms with Crippen LogP contribution in [0.15, 0.2) is 23.6 Å². The number of carbonyl (C=O) groups excluding carboxylic acids is 1. The normalized spacial score (nSPS) is 11.2. The van der Waals surface area contributed by atoms with Gasteiger partial charge in [-0.1, -0.05) is 18.2 Å². The number of hydrogen-bond donors (Lipinski definition) is 1. The predicted octanol–water partition coefficient (Wildman–Crippen LogP) is 3.26. The number of aromatic nitrogens is 2. The zero-order valence-electron chi connectivity index (χ0n) is 12.4. The van der Waals surface area contributed by atoms with Gasteiger partial charge in [0.1, 0.15) is 5.60 Å². The first-order chi connectivity index (χ1) is 9.47. The maximum Gasteiger partial charge on any atom is 0.407 e. The van der Waals surface area contributed by atoms with Gasteiger partial charge in [0.05, 0.1) is 0 Å². The summed E-state index contributed by atoms with van der Waals surface area (Å²) in [6.45, 7) is 6.22.